The van der Waals surface area contributed by atoms with E-state index in [4.69, 9.17) is 0 Å². The maximum atomic E-state index is 12.0. The van der Waals surface area contributed by atoms with Crippen molar-refractivity contribution < 1.29 is 9.59 Å². The topological polar surface area (TPSA) is 58.2 Å². The molecule has 0 aliphatic heterocycles. The summed E-state index contributed by atoms with van der Waals surface area (Å²) in [6.07, 6.45) is 27.1. The number of amides is 2. The number of hydrogen-bond donors (Lipinski definition) is 2. The number of hydrogen-bond acceptors (Lipinski definition) is 2. The Hall–Kier alpha value is -1.94. The first-order valence-corrected chi connectivity index (χ1v) is 19.7. The molecule has 0 fully saturated rings. The Balaban J connectivity index is 3.46. The minimum Gasteiger partial charge on any atom is -0.356 e. The lowest BCUT2D eigenvalue weighted by molar-refractivity contribution is -0.122. The second-order valence-corrected chi connectivity index (χ2v) is 15.0. The molecule has 0 aromatic rings. The fourth-order valence-electron chi connectivity index (χ4n) is 5.76. The zero-order valence-corrected chi connectivity index (χ0v) is 31.5. The summed E-state index contributed by atoms with van der Waals surface area (Å²) in [5.41, 5.74) is 0. The molecule has 0 aliphatic carbocycles. The molecule has 0 radical (unpaired) electrons. The van der Waals surface area contributed by atoms with E-state index in [2.05, 4.69) is 75.9 Å². The molecule has 0 aromatic carbocycles. The Bertz CT molecular complexity index is 771. The second-order valence-electron chi connectivity index (χ2n) is 15.0. The summed E-state index contributed by atoms with van der Waals surface area (Å²) in [7, 11) is 0. The van der Waals surface area contributed by atoms with Gasteiger partial charge in [0.15, 0.2) is 0 Å². The highest BCUT2D eigenvalue weighted by atomic mass is 16.2. The summed E-state index contributed by atoms with van der Waals surface area (Å²) in [6.45, 7) is 15.4. The van der Waals surface area contributed by atoms with Crippen LogP contribution in [0.3, 0.4) is 0 Å². The summed E-state index contributed by atoms with van der Waals surface area (Å²) in [6, 6.07) is 0. The summed E-state index contributed by atoms with van der Waals surface area (Å²) >= 11 is 0. The van der Waals surface area contributed by atoms with Gasteiger partial charge in [0, 0.05) is 38.8 Å². The van der Waals surface area contributed by atoms with Gasteiger partial charge in [-0.1, -0.05) is 143 Å². The minimum absolute atomic E-state index is 0.224. The van der Waals surface area contributed by atoms with Gasteiger partial charge in [0.1, 0.15) is 0 Å². The van der Waals surface area contributed by atoms with E-state index < -0.39 is 0 Å². The van der Waals surface area contributed by atoms with E-state index in [9.17, 15) is 9.59 Å². The van der Waals surface area contributed by atoms with E-state index >= 15 is 0 Å². The van der Waals surface area contributed by atoms with Crippen molar-refractivity contribution in [3.63, 3.8) is 0 Å². The highest BCUT2D eigenvalue weighted by Crippen LogP contribution is 2.16. The molecule has 0 saturated heterocycles. The Labute approximate surface area is 287 Å². The van der Waals surface area contributed by atoms with Crippen LogP contribution >= 0.6 is 0 Å². The SMILES string of the molecule is CC(C)CCC[C@H](C)CCNC(=O)CCCCCCCCC#CC#CCCCCCCCCC(=O)NCC[C@@H](C)CCCC(C)C. The van der Waals surface area contributed by atoms with Crippen molar-refractivity contribution in [2.75, 3.05) is 13.1 Å². The molecule has 2 amide bonds. The molecule has 266 valence electrons. The zero-order chi connectivity index (χ0) is 34.1. The van der Waals surface area contributed by atoms with Crippen molar-refractivity contribution in [3.8, 4) is 23.7 Å². The summed E-state index contributed by atoms with van der Waals surface area (Å²) in [5, 5.41) is 6.22. The zero-order valence-electron chi connectivity index (χ0n) is 31.5. The van der Waals surface area contributed by atoms with Gasteiger partial charge in [-0.15, -0.1) is 0 Å². The number of nitrogens with one attached hydrogen (secondary N) is 2. The van der Waals surface area contributed by atoms with E-state index in [-0.39, 0.29) is 11.8 Å². The lowest BCUT2D eigenvalue weighted by Crippen LogP contribution is -2.25. The Morgan fingerprint density at radius 1 is 0.435 bits per heavy atom. The maximum absolute atomic E-state index is 12.0. The molecule has 0 saturated carbocycles. The van der Waals surface area contributed by atoms with E-state index in [1.54, 1.807) is 0 Å². The first-order chi connectivity index (χ1) is 22.2. The third kappa shape index (κ3) is 34.9. The first kappa shape index (κ1) is 44.1. The molecule has 2 N–H and O–H groups in total. The molecule has 4 heteroatoms. The van der Waals surface area contributed by atoms with E-state index in [0.717, 1.165) is 89.1 Å². The Morgan fingerprint density at radius 2 is 0.783 bits per heavy atom. The van der Waals surface area contributed by atoms with Crippen LogP contribution in [0.25, 0.3) is 0 Å². The Morgan fingerprint density at radius 3 is 1.15 bits per heavy atom. The molecule has 4 nitrogen and oxygen atoms in total. The predicted octanol–water partition coefficient (Wildman–Crippen LogP) is 11.2. The smallest absolute Gasteiger partial charge is 0.219 e. The molecule has 2 atom stereocenters. The van der Waals surface area contributed by atoms with Crippen molar-refractivity contribution in [1.82, 2.24) is 10.6 Å². The van der Waals surface area contributed by atoms with Gasteiger partial charge in [-0.2, -0.15) is 0 Å². The number of carbonyl (C=O) groups is 2. The molecule has 0 rings (SSSR count). The van der Waals surface area contributed by atoms with Crippen LogP contribution < -0.4 is 10.6 Å². The monoisotopic (exact) mass is 641 g/mol. The van der Waals surface area contributed by atoms with Crippen molar-refractivity contribution in [2.45, 2.75) is 196 Å². The quantitative estimate of drug-likeness (QED) is 0.0606. The molecule has 0 aliphatic rings. The van der Waals surface area contributed by atoms with Crippen LogP contribution in [0.5, 0.6) is 0 Å². The van der Waals surface area contributed by atoms with Crippen LogP contribution in [0, 0.1) is 47.4 Å². The highest BCUT2D eigenvalue weighted by Gasteiger charge is 2.07. The van der Waals surface area contributed by atoms with Crippen molar-refractivity contribution in [2.24, 2.45) is 23.7 Å². The normalized spacial score (nSPS) is 12.3. The van der Waals surface area contributed by atoms with E-state index in [0.29, 0.717) is 24.7 Å². The molecule has 0 spiro atoms. The average Bonchev–Trinajstić information content (AvgIpc) is 2.99. The molecular weight excluding hydrogens is 564 g/mol. The van der Waals surface area contributed by atoms with Gasteiger partial charge in [-0.25, -0.2) is 0 Å². The van der Waals surface area contributed by atoms with Crippen LogP contribution in [0.4, 0.5) is 0 Å². The van der Waals surface area contributed by atoms with Gasteiger partial charge in [0.25, 0.3) is 0 Å². The fourth-order valence-corrected chi connectivity index (χ4v) is 5.76. The molecule has 0 bridgehead atoms. The van der Waals surface area contributed by atoms with Gasteiger partial charge >= 0.3 is 0 Å². The van der Waals surface area contributed by atoms with Crippen LogP contribution in [-0.2, 0) is 9.59 Å². The molecule has 46 heavy (non-hydrogen) atoms. The third-order valence-electron chi connectivity index (χ3n) is 9.03. The van der Waals surface area contributed by atoms with Crippen LogP contribution in [0.1, 0.15) is 196 Å². The molecule has 0 unspecified atom stereocenters. The van der Waals surface area contributed by atoms with Crippen LogP contribution in [0.2, 0.25) is 0 Å². The van der Waals surface area contributed by atoms with Crippen molar-refractivity contribution in [3.05, 3.63) is 0 Å². The number of carbonyl (C=O) groups excluding carboxylic acids is 2. The van der Waals surface area contributed by atoms with E-state index in [1.165, 1.54) is 77.0 Å². The number of rotatable bonds is 30. The summed E-state index contributed by atoms with van der Waals surface area (Å²) in [5.74, 6) is 15.9. The van der Waals surface area contributed by atoms with Gasteiger partial charge in [0.05, 0.1) is 0 Å². The molecule has 0 aromatic heterocycles. The fraction of sp³-hybridized carbons (Fsp3) is 0.857. The van der Waals surface area contributed by atoms with Crippen molar-refractivity contribution in [1.29, 1.82) is 0 Å². The lowest BCUT2D eigenvalue weighted by Gasteiger charge is -2.13. The summed E-state index contributed by atoms with van der Waals surface area (Å²) < 4.78 is 0. The largest absolute Gasteiger partial charge is 0.356 e. The summed E-state index contributed by atoms with van der Waals surface area (Å²) in [4.78, 5) is 24.1. The van der Waals surface area contributed by atoms with Crippen LogP contribution in [-0.4, -0.2) is 24.9 Å². The van der Waals surface area contributed by atoms with Gasteiger partial charge in [-0.3, -0.25) is 9.59 Å². The molecule has 0 heterocycles. The molecular formula is C42H76N2O2. The average molecular weight is 641 g/mol. The number of unbranched alkanes of at least 4 members (excludes halogenated alkanes) is 12. The van der Waals surface area contributed by atoms with Crippen molar-refractivity contribution >= 4 is 11.8 Å². The second kappa shape index (κ2) is 33.0. The van der Waals surface area contributed by atoms with Gasteiger partial charge < -0.3 is 10.6 Å². The third-order valence-corrected chi connectivity index (χ3v) is 9.03. The lowest BCUT2D eigenvalue weighted by atomic mass is 9.97. The highest BCUT2D eigenvalue weighted by molar-refractivity contribution is 5.76. The first-order valence-electron chi connectivity index (χ1n) is 19.7. The van der Waals surface area contributed by atoms with E-state index in [1.807, 2.05) is 0 Å². The van der Waals surface area contributed by atoms with Gasteiger partial charge in [0.2, 0.25) is 11.8 Å². The predicted molar refractivity (Wildman–Crippen MR) is 200 cm³/mol. The van der Waals surface area contributed by atoms with Crippen LogP contribution in [0.15, 0.2) is 0 Å². The minimum atomic E-state index is 0.224. The maximum Gasteiger partial charge on any atom is 0.219 e. The van der Waals surface area contributed by atoms with Gasteiger partial charge in [-0.05, 0) is 74.0 Å². The Kier molecular flexibility index (Phi) is 31.6. The standard InChI is InChI=1S/C42H76N2O2/c1-37(2)27-25-29-39(5)33-35-43-41(45)31-23-21-19-17-15-13-11-9-7-8-10-12-14-16-18-20-22-24-32-42(46)44-36-34-40(6)30-26-28-38(3)4/h37-40H,11-36H2,1-6H3,(H,43,45)(H,44,46)/t39-,40-/m0/s1.